The molecule has 0 bridgehead atoms. The monoisotopic (exact) mass is 266 g/mol. The Morgan fingerprint density at radius 1 is 1.47 bits per heavy atom. The first kappa shape index (κ1) is 15.8. The summed E-state index contributed by atoms with van der Waals surface area (Å²) in [6, 6.07) is 0.254. The summed E-state index contributed by atoms with van der Waals surface area (Å²) in [5, 5.41) is 3.36. The largest absolute Gasteiger partial charge is 0.444 e. The minimum atomic E-state index is -0.422. The lowest BCUT2D eigenvalue weighted by Gasteiger charge is -2.28. The van der Waals surface area contributed by atoms with Crippen molar-refractivity contribution >= 4 is 6.09 Å². The molecule has 1 unspecified atom stereocenters. The van der Waals surface area contributed by atoms with Crippen LogP contribution in [0.3, 0.4) is 0 Å². The molecule has 4 nitrogen and oxygen atoms in total. The van der Waals surface area contributed by atoms with Gasteiger partial charge in [-0.3, -0.25) is 0 Å². The van der Waals surface area contributed by atoms with Gasteiger partial charge >= 0.3 is 6.09 Å². The van der Waals surface area contributed by atoms with Gasteiger partial charge in [-0.1, -0.05) is 0 Å². The second-order valence-corrected chi connectivity index (χ2v) is 5.85. The minimum Gasteiger partial charge on any atom is -0.444 e. The van der Waals surface area contributed by atoms with Gasteiger partial charge in [0.15, 0.2) is 0 Å². The van der Waals surface area contributed by atoms with Crippen LogP contribution in [0, 0.1) is 11.8 Å². The number of likely N-dealkylation sites (tertiary alicyclic amines) is 1. The van der Waals surface area contributed by atoms with E-state index in [1.807, 2.05) is 32.6 Å². The molecule has 108 valence electrons. The van der Waals surface area contributed by atoms with E-state index in [1.165, 1.54) is 0 Å². The van der Waals surface area contributed by atoms with Gasteiger partial charge < -0.3 is 15.0 Å². The third-order valence-corrected chi connectivity index (χ3v) is 2.99. The molecule has 1 aliphatic heterocycles. The van der Waals surface area contributed by atoms with Gasteiger partial charge in [0.05, 0.1) is 0 Å². The molecule has 1 fully saturated rings. The summed E-state index contributed by atoms with van der Waals surface area (Å²) in [5.74, 6) is 5.90. The second-order valence-electron chi connectivity index (χ2n) is 5.85. The van der Waals surface area contributed by atoms with Gasteiger partial charge in [-0.25, -0.2) is 4.79 Å². The van der Waals surface area contributed by atoms with E-state index < -0.39 is 5.60 Å². The number of rotatable bonds is 4. The number of nitrogens with one attached hydrogen (secondary N) is 1. The molecule has 0 radical (unpaired) electrons. The molecule has 1 aliphatic rings. The van der Waals surface area contributed by atoms with Crippen molar-refractivity contribution in [2.45, 2.75) is 58.6 Å². The van der Waals surface area contributed by atoms with Crippen molar-refractivity contribution < 1.29 is 9.53 Å². The normalized spacial score (nSPS) is 18.9. The topological polar surface area (TPSA) is 41.6 Å². The SMILES string of the molecule is CC#CCCNCC1CCCN1C(=O)OC(C)(C)C. The molecular weight excluding hydrogens is 240 g/mol. The van der Waals surface area contributed by atoms with Gasteiger partial charge in [0.2, 0.25) is 0 Å². The lowest BCUT2D eigenvalue weighted by molar-refractivity contribution is 0.0227. The average Bonchev–Trinajstić information content (AvgIpc) is 2.75. The van der Waals surface area contributed by atoms with Crippen molar-refractivity contribution in [2.24, 2.45) is 0 Å². The van der Waals surface area contributed by atoms with Crippen LogP contribution in [0.1, 0.15) is 47.0 Å². The fourth-order valence-corrected chi connectivity index (χ4v) is 2.15. The first-order valence-corrected chi connectivity index (χ1v) is 7.04. The fraction of sp³-hybridized carbons (Fsp3) is 0.800. The smallest absolute Gasteiger partial charge is 0.410 e. The molecule has 0 aliphatic carbocycles. The molecule has 1 N–H and O–H groups in total. The van der Waals surface area contributed by atoms with Gasteiger partial charge in [0.25, 0.3) is 0 Å². The van der Waals surface area contributed by atoms with Crippen molar-refractivity contribution in [3.8, 4) is 11.8 Å². The highest BCUT2D eigenvalue weighted by molar-refractivity contribution is 5.69. The van der Waals surface area contributed by atoms with E-state index in [2.05, 4.69) is 17.2 Å². The molecule has 1 rings (SSSR count). The summed E-state index contributed by atoms with van der Waals surface area (Å²) >= 11 is 0. The van der Waals surface area contributed by atoms with E-state index >= 15 is 0 Å². The number of ether oxygens (including phenoxy) is 1. The first-order chi connectivity index (χ1) is 8.94. The molecule has 0 spiro atoms. The maximum Gasteiger partial charge on any atom is 0.410 e. The summed E-state index contributed by atoms with van der Waals surface area (Å²) in [4.78, 5) is 13.9. The first-order valence-electron chi connectivity index (χ1n) is 7.04. The quantitative estimate of drug-likeness (QED) is 0.627. The van der Waals surface area contributed by atoms with E-state index in [-0.39, 0.29) is 12.1 Å². The second kappa shape index (κ2) is 7.40. The Bertz CT molecular complexity index is 349. The van der Waals surface area contributed by atoms with E-state index in [1.54, 1.807) is 0 Å². The Morgan fingerprint density at radius 2 is 2.21 bits per heavy atom. The van der Waals surface area contributed by atoms with Crippen molar-refractivity contribution in [3.63, 3.8) is 0 Å². The zero-order valence-corrected chi connectivity index (χ0v) is 12.6. The van der Waals surface area contributed by atoms with Crippen LogP contribution in [0.4, 0.5) is 4.79 Å². The summed E-state index contributed by atoms with van der Waals surface area (Å²) in [7, 11) is 0. The number of carbonyl (C=O) groups is 1. The molecule has 1 atom stereocenters. The van der Waals surface area contributed by atoms with Crippen LogP contribution in [0.5, 0.6) is 0 Å². The van der Waals surface area contributed by atoms with Crippen LogP contribution in [-0.4, -0.2) is 42.3 Å². The summed E-state index contributed by atoms with van der Waals surface area (Å²) in [5.41, 5.74) is -0.422. The summed E-state index contributed by atoms with van der Waals surface area (Å²) < 4.78 is 5.43. The van der Waals surface area contributed by atoms with Crippen molar-refractivity contribution in [2.75, 3.05) is 19.6 Å². The zero-order valence-electron chi connectivity index (χ0n) is 12.6. The average molecular weight is 266 g/mol. The van der Waals surface area contributed by atoms with Crippen LogP contribution in [-0.2, 0) is 4.74 Å². The van der Waals surface area contributed by atoms with Crippen molar-refractivity contribution in [1.29, 1.82) is 0 Å². The summed E-state index contributed by atoms with van der Waals surface area (Å²) in [6.07, 6.45) is 2.77. The van der Waals surface area contributed by atoms with Crippen LogP contribution in [0.25, 0.3) is 0 Å². The Labute approximate surface area is 116 Å². The van der Waals surface area contributed by atoms with Gasteiger partial charge in [0, 0.05) is 32.1 Å². The van der Waals surface area contributed by atoms with Crippen molar-refractivity contribution in [1.82, 2.24) is 10.2 Å². The van der Waals surface area contributed by atoms with Gasteiger partial charge in [-0.15, -0.1) is 11.8 Å². The maximum absolute atomic E-state index is 12.1. The highest BCUT2D eigenvalue weighted by Gasteiger charge is 2.31. The lowest BCUT2D eigenvalue weighted by atomic mass is 10.2. The number of hydrogen-bond donors (Lipinski definition) is 1. The summed E-state index contributed by atoms with van der Waals surface area (Å²) in [6.45, 7) is 10.0. The van der Waals surface area contributed by atoms with E-state index in [0.717, 1.165) is 38.9 Å². The molecule has 19 heavy (non-hydrogen) atoms. The number of hydrogen-bond acceptors (Lipinski definition) is 3. The molecular formula is C15H26N2O2. The predicted molar refractivity (Wildman–Crippen MR) is 76.9 cm³/mol. The molecule has 1 heterocycles. The standard InChI is InChI=1S/C15H26N2O2/c1-5-6-7-10-16-12-13-9-8-11-17(13)14(18)19-15(2,3)4/h13,16H,7-12H2,1-4H3. The van der Waals surface area contributed by atoms with Crippen molar-refractivity contribution in [3.05, 3.63) is 0 Å². The Kier molecular flexibility index (Phi) is 6.17. The maximum atomic E-state index is 12.1. The zero-order chi connectivity index (χ0) is 14.3. The van der Waals surface area contributed by atoms with Crippen LogP contribution >= 0.6 is 0 Å². The Balaban J connectivity index is 2.36. The predicted octanol–water partition coefficient (Wildman–Crippen LogP) is 2.39. The van der Waals surface area contributed by atoms with Crippen LogP contribution in [0.2, 0.25) is 0 Å². The molecule has 0 saturated carbocycles. The third kappa shape index (κ3) is 5.98. The molecule has 1 saturated heterocycles. The number of carbonyl (C=O) groups excluding carboxylic acids is 1. The van der Waals surface area contributed by atoms with Gasteiger partial charge in [-0.2, -0.15) is 0 Å². The molecule has 0 aromatic heterocycles. The molecule has 0 aromatic carbocycles. The lowest BCUT2D eigenvalue weighted by Crippen LogP contribution is -2.44. The highest BCUT2D eigenvalue weighted by Crippen LogP contribution is 2.20. The van der Waals surface area contributed by atoms with E-state index in [9.17, 15) is 4.79 Å². The third-order valence-electron chi connectivity index (χ3n) is 2.99. The fourth-order valence-electron chi connectivity index (χ4n) is 2.15. The Morgan fingerprint density at radius 3 is 2.84 bits per heavy atom. The number of nitrogens with zero attached hydrogens (tertiary/aromatic N) is 1. The van der Waals surface area contributed by atoms with Gasteiger partial charge in [0.1, 0.15) is 5.60 Å². The highest BCUT2D eigenvalue weighted by atomic mass is 16.6. The van der Waals surface area contributed by atoms with Crippen LogP contribution in [0.15, 0.2) is 0 Å². The van der Waals surface area contributed by atoms with Gasteiger partial charge in [-0.05, 0) is 40.5 Å². The van der Waals surface area contributed by atoms with Crippen LogP contribution < -0.4 is 5.32 Å². The minimum absolute atomic E-state index is 0.190. The molecule has 0 aromatic rings. The van der Waals surface area contributed by atoms with E-state index in [4.69, 9.17) is 4.74 Å². The Hall–Kier alpha value is -1.21. The van der Waals surface area contributed by atoms with E-state index in [0.29, 0.717) is 0 Å². The molecule has 1 amide bonds. The number of amides is 1. The molecule has 4 heteroatoms.